The van der Waals surface area contributed by atoms with Crippen LogP contribution in [0.1, 0.15) is 5.56 Å². The molecule has 1 aliphatic rings. The van der Waals surface area contributed by atoms with Crippen LogP contribution in [-0.4, -0.2) is 6.04 Å². The van der Waals surface area contributed by atoms with Crippen LogP contribution in [-0.2, 0) is 5.54 Å². The molecule has 2 aromatic rings. The van der Waals surface area contributed by atoms with E-state index >= 15 is 0 Å². The van der Waals surface area contributed by atoms with Gasteiger partial charge in [0.2, 0.25) is 0 Å². The van der Waals surface area contributed by atoms with Crippen molar-refractivity contribution in [3.63, 3.8) is 0 Å². The van der Waals surface area contributed by atoms with Gasteiger partial charge < -0.3 is 11.5 Å². The molecule has 0 saturated heterocycles. The maximum atomic E-state index is 6.60. The highest BCUT2D eigenvalue weighted by molar-refractivity contribution is 5.70. The van der Waals surface area contributed by atoms with Gasteiger partial charge in [0.1, 0.15) is 0 Å². The predicted octanol–water partition coefficient (Wildman–Crippen LogP) is 2.96. The standard InChI is InChI=1S/C18H18N2/c19-17-12-6-7-13-18(17,20)16-11-5-4-10-15(16)14-8-2-1-3-9-14/h1-13,17H,19-20H2. The van der Waals surface area contributed by atoms with Crippen LogP contribution < -0.4 is 11.5 Å². The summed E-state index contributed by atoms with van der Waals surface area (Å²) in [5.74, 6) is 0. The van der Waals surface area contributed by atoms with Crippen LogP contribution in [0.25, 0.3) is 11.1 Å². The number of hydrogen-bond donors (Lipinski definition) is 2. The SMILES string of the molecule is NC1C=CC=CC1(N)c1ccccc1-c1ccccc1. The van der Waals surface area contributed by atoms with Crippen LogP contribution in [0.2, 0.25) is 0 Å². The molecule has 0 aromatic heterocycles. The molecular weight excluding hydrogens is 244 g/mol. The van der Waals surface area contributed by atoms with E-state index in [0.717, 1.165) is 16.7 Å². The lowest BCUT2D eigenvalue weighted by Crippen LogP contribution is -2.51. The smallest absolute Gasteiger partial charge is 0.0794 e. The molecule has 4 N–H and O–H groups in total. The van der Waals surface area contributed by atoms with Crippen molar-refractivity contribution >= 4 is 0 Å². The summed E-state index contributed by atoms with van der Waals surface area (Å²) in [5.41, 5.74) is 15.5. The zero-order chi connectivity index (χ0) is 14.0. The molecule has 0 spiro atoms. The van der Waals surface area contributed by atoms with Gasteiger partial charge >= 0.3 is 0 Å². The molecule has 0 amide bonds. The third kappa shape index (κ3) is 2.09. The quantitative estimate of drug-likeness (QED) is 0.874. The average molecular weight is 262 g/mol. The molecule has 2 heteroatoms. The molecule has 2 nitrogen and oxygen atoms in total. The Balaban J connectivity index is 2.16. The minimum Gasteiger partial charge on any atom is -0.322 e. The molecule has 100 valence electrons. The van der Waals surface area contributed by atoms with Crippen LogP contribution in [0.15, 0.2) is 78.9 Å². The molecule has 0 radical (unpaired) electrons. The Bertz CT molecular complexity index is 658. The first kappa shape index (κ1) is 12.9. The molecule has 2 atom stereocenters. The van der Waals surface area contributed by atoms with Crippen molar-refractivity contribution in [3.05, 3.63) is 84.5 Å². The molecule has 1 aliphatic carbocycles. The first-order chi connectivity index (χ1) is 9.72. The summed E-state index contributed by atoms with van der Waals surface area (Å²) >= 11 is 0. The van der Waals surface area contributed by atoms with Crippen LogP contribution in [0.4, 0.5) is 0 Å². The first-order valence-corrected chi connectivity index (χ1v) is 6.77. The summed E-state index contributed by atoms with van der Waals surface area (Å²) in [6.07, 6.45) is 7.84. The van der Waals surface area contributed by atoms with Crippen molar-refractivity contribution in [2.24, 2.45) is 11.5 Å². The summed E-state index contributed by atoms with van der Waals surface area (Å²) in [6, 6.07) is 18.2. The summed E-state index contributed by atoms with van der Waals surface area (Å²) in [7, 11) is 0. The number of allylic oxidation sites excluding steroid dienone is 2. The molecule has 0 bridgehead atoms. The highest BCUT2D eigenvalue weighted by atomic mass is 14.8. The first-order valence-electron chi connectivity index (χ1n) is 6.77. The second kappa shape index (κ2) is 5.08. The van der Waals surface area contributed by atoms with E-state index in [9.17, 15) is 0 Å². The third-order valence-electron chi connectivity index (χ3n) is 3.83. The lowest BCUT2D eigenvalue weighted by Gasteiger charge is -2.34. The van der Waals surface area contributed by atoms with Crippen molar-refractivity contribution in [3.8, 4) is 11.1 Å². The van der Waals surface area contributed by atoms with Gasteiger partial charge in [0, 0.05) is 6.04 Å². The van der Waals surface area contributed by atoms with E-state index in [-0.39, 0.29) is 6.04 Å². The Morgan fingerprint density at radius 2 is 1.55 bits per heavy atom. The maximum Gasteiger partial charge on any atom is 0.0794 e. The van der Waals surface area contributed by atoms with E-state index in [1.807, 2.05) is 54.6 Å². The van der Waals surface area contributed by atoms with Gasteiger partial charge in [0.15, 0.2) is 0 Å². The Morgan fingerprint density at radius 3 is 2.30 bits per heavy atom. The molecule has 3 rings (SSSR count). The van der Waals surface area contributed by atoms with E-state index < -0.39 is 5.54 Å². The van der Waals surface area contributed by atoms with Gasteiger partial charge in [-0.05, 0) is 16.7 Å². The fourth-order valence-corrected chi connectivity index (χ4v) is 2.67. The lowest BCUT2D eigenvalue weighted by atomic mass is 9.78. The third-order valence-corrected chi connectivity index (χ3v) is 3.83. The van der Waals surface area contributed by atoms with Crippen LogP contribution in [0, 0.1) is 0 Å². The molecule has 0 saturated carbocycles. The van der Waals surface area contributed by atoms with Crippen molar-refractivity contribution in [1.82, 2.24) is 0 Å². The normalized spacial score (nSPS) is 24.8. The largest absolute Gasteiger partial charge is 0.322 e. The molecule has 0 heterocycles. The van der Waals surface area contributed by atoms with Crippen molar-refractivity contribution < 1.29 is 0 Å². The molecular formula is C18H18N2. The minimum atomic E-state index is -0.665. The fraction of sp³-hybridized carbons (Fsp3) is 0.111. The minimum absolute atomic E-state index is 0.225. The van der Waals surface area contributed by atoms with Gasteiger partial charge in [-0.2, -0.15) is 0 Å². The Labute approximate surface area is 119 Å². The van der Waals surface area contributed by atoms with Gasteiger partial charge in [-0.15, -0.1) is 0 Å². The van der Waals surface area contributed by atoms with Crippen LogP contribution in [0.3, 0.4) is 0 Å². The maximum absolute atomic E-state index is 6.60. The Kier molecular flexibility index (Phi) is 3.26. The second-order valence-electron chi connectivity index (χ2n) is 5.11. The molecule has 20 heavy (non-hydrogen) atoms. The van der Waals surface area contributed by atoms with Crippen LogP contribution >= 0.6 is 0 Å². The number of hydrogen-bond acceptors (Lipinski definition) is 2. The zero-order valence-electron chi connectivity index (χ0n) is 11.2. The van der Waals surface area contributed by atoms with Gasteiger partial charge in [-0.1, -0.05) is 78.9 Å². The van der Waals surface area contributed by atoms with Gasteiger partial charge in [0.25, 0.3) is 0 Å². The van der Waals surface area contributed by atoms with Crippen molar-refractivity contribution in [1.29, 1.82) is 0 Å². The topological polar surface area (TPSA) is 52.0 Å². The monoisotopic (exact) mass is 262 g/mol. The number of nitrogens with two attached hydrogens (primary N) is 2. The Morgan fingerprint density at radius 1 is 0.850 bits per heavy atom. The van der Waals surface area contributed by atoms with Gasteiger partial charge in [0.05, 0.1) is 5.54 Å². The summed E-state index contributed by atoms with van der Waals surface area (Å²) in [4.78, 5) is 0. The molecule has 2 aromatic carbocycles. The van der Waals surface area contributed by atoms with Gasteiger partial charge in [-0.3, -0.25) is 0 Å². The van der Waals surface area contributed by atoms with E-state index in [4.69, 9.17) is 11.5 Å². The molecule has 0 aliphatic heterocycles. The lowest BCUT2D eigenvalue weighted by molar-refractivity contribution is 0.494. The van der Waals surface area contributed by atoms with Gasteiger partial charge in [-0.25, -0.2) is 0 Å². The predicted molar refractivity (Wildman–Crippen MR) is 84.0 cm³/mol. The van der Waals surface area contributed by atoms with E-state index in [0.29, 0.717) is 0 Å². The summed E-state index contributed by atoms with van der Waals surface area (Å²) < 4.78 is 0. The zero-order valence-corrected chi connectivity index (χ0v) is 11.2. The molecule has 2 unspecified atom stereocenters. The second-order valence-corrected chi connectivity index (χ2v) is 5.11. The van der Waals surface area contributed by atoms with E-state index in [1.165, 1.54) is 0 Å². The van der Waals surface area contributed by atoms with Crippen LogP contribution in [0.5, 0.6) is 0 Å². The van der Waals surface area contributed by atoms with E-state index in [1.54, 1.807) is 0 Å². The number of benzene rings is 2. The average Bonchev–Trinajstić information content (AvgIpc) is 2.51. The fourth-order valence-electron chi connectivity index (χ4n) is 2.67. The highest BCUT2D eigenvalue weighted by Crippen LogP contribution is 2.34. The van der Waals surface area contributed by atoms with Crippen molar-refractivity contribution in [2.45, 2.75) is 11.6 Å². The Hall–Kier alpha value is -2.16. The number of rotatable bonds is 2. The molecule has 0 fully saturated rings. The summed E-state index contributed by atoms with van der Waals surface area (Å²) in [5, 5.41) is 0. The summed E-state index contributed by atoms with van der Waals surface area (Å²) in [6.45, 7) is 0. The highest BCUT2D eigenvalue weighted by Gasteiger charge is 2.33. The van der Waals surface area contributed by atoms with Crippen molar-refractivity contribution in [2.75, 3.05) is 0 Å². The van der Waals surface area contributed by atoms with E-state index in [2.05, 4.69) is 24.3 Å².